The molecule has 6 rings (SSSR count). The molecule has 0 bridgehead atoms. The maximum Gasteiger partial charge on any atom is 0.305 e. The number of benzene rings is 1. The predicted octanol–water partition coefficient (Wildman–Crippen LogP) is 2.89. The first-order chi connectivity index (χ1) is 19.9. The summed E-state index contributed by atoms with van der Waals surface area (Å²) in [6, 6.07) is 10.8. The molecular weight excluding hydrogens is 518 g/mol. The number of piperidine rings is 1. The molecule has 1 saturated carbocycles. The average Bonchev–Trinajstić information content (AvgIpc) is 2.95. The Bertz CT molecular complexity index is 1200. The van der Waals surface area contributed by atoms with Gasteiger partial charge in [0.05, 0.1) is 18.5 Å². The first-order valence-corrected chi connectivity index (χ1v) is 15.3. The molecule has 1 spiro atoms. The zero-order chi connectivity index (χ0) is 28.4. The molecule has 10 heteroatoms. The number of ether oxygens (including phenoxy) is 1. The van der Waals surface area contributed by atoms with Gasteiger partial charge >= 0.3 is 5.97 Å². The van der Waals surface area contributed by atoms with Gasteiger partial charge in [0, 0.05) is 63.3 Å². The lowest BCUT2D eigenvalue weighted by atomic mass is 9.59. The van der Waals surface area contributed by atoms with Crippen molar-refractivity contribution in [2.45, 2.75) is 50.6 Å². The van der Waals surface area contributed by atoms with Crippen LogP contribution in [0.2, 0.25) is 0 Å². The fraction of sp³-hybridized carbons (Fsp3) is 0.645. The first kappa shape index (κ1) is 28.2. The van der Waals surface area contributed by atoms with E-state index in [4.69, 9.17) is 4.74 Å². The van der Waals surface area contributed by atoms with Crippen LogP contribution in [-0.2, 0) is 9.53 Å². The first-order valence-electron chi connectivity index (χ1n) is 15.3. The molecule has 41 heavy (non-hydrogen) atoms. The van der Waals surface area contributed by atoms with E-state index < -0.39 is 0 Å². The molecule has 1 aliphatic carbocycles. The number of phenolic OH excluding ortho intramolecular Hbond substituents is 1. The van der Waals surface area contributed by atoms with Crippen molar-refractivity contribution in [1.29, 1.82) is 0 Å². The highest BCUT2D eigenvalue weighted by molar-refractivity contribution is 5.76. The second kappa shape index (κ2) is 12.1. The van der Waals surface area contributed by atoms with Crippen LogP contribution in [0, 0.1) is 5.41 Å². The number of esters is 1. The molecule has 0 amide bonds. The maximum atomic E-state index is 11.4. The number of para-hydroxylation sites is 1. The quantitative estimate of drug-likeness (QED) is 0.420. The van der Waals surface area contributed by atoms with E-state index in [9.17, 15) is 9.90 Å². The Morgan fingerprint density at radius 3 is 2.68 bits per heavy atom. The predicted molar refractivity (Wildman–Crippen MR) is 160 cm³/mol. The van der Waals surface area contributed by atoms with Crippen molar-refractivity contribution in [3.05, 3.63) is 30.3 Å². The number of aromatic hydroxyl groups is 1. The van der Waals surface area contributed by atoms with Crippen molar-refractivity contribution in [3.8, 4) is 17.0 Å². The van der Waals surface area contributed by atoms with Crippen LogP contribution in [0.15, 0.2) is 30.3 Å². The summed E-state index contributed by atoms with van der Waals surface area (Å²) in [6.45, 7) is 9.59. The number of methoxy groups -OCH3 is 1. The zero-order valence-electron chi connectivity index (χ0n) is 24.6. The van der Waals surface area contributed by atoms with Gasteiger partial charge in [-0.25, -0.2) is 0 Å². The summed E-state index contributed by atoms with van der Waals surface area (Å²) in [5, 5.41) is 22.5. The van der Waals surface area contributed by atoms with Crippen LogP contribution in [0.25, 0.3) is 11.3 Å². The number of hydrogen-bond acceptors (Lipinski definition) is 10. The molecular formula is C31H45N7O3. The lowest BCUT2D eigenvalue weighted by molar-refractivity contribution is -0.140. The van der Waals surface area contributed by atoms with Crippen LogP contribution in [-0.4, -0.2) is 121 Å². The molecule has 10 nitrogen and oxygen atoms in total. The molecule has 4 aliphatic rings. The summed E-state index contributed by atoms with van der Waals surface area (Å²) in [5.74, 6) is 0.948. The Kier molecular flexibility index (Phi) is 8.33. The fourth-order valence-corrected chi connectivity index (χ4v) is 7.33. The molecule has 3 aliphatic heterocycles. The van der Waals surface area contributed by atoms with Gasteiger partial charge in [0.15, 0.2) is 5.82 Å². The standard InChI is InChI=1S/C31H45N7O3/c1-35(16-17-37-15-11-32-30-27(37)18-26(33-34-30)25-6-3-4-7-28(25)39)24-19-31(20-24)21-38(22-31)23-9-13-36(14-10-23)12-5-8-29(40)41-2/h3-4,6-7,18,23-24,39H,5,8-17,19-22H2,1-2H3,(H,32,34). The number of likely N-dealkylation sites (tertiary alicyclic amines) is 2. The van der Waals surface area contributed by atoms with E-state index in [2.05, 4.69) is 48.2 Å². The summed E-state index contributed by atoms with van der Waals surface area (Å²) in [6.07, 6.45) is 6.55. The van der Waals surface area contributed by atoms with Crippen LogP contribution in [0.1, 0.15) is 38.5 Å². The lowest BCUT2D eigenvalue weighted by Gasteiger charge is -2.63. The molecule has 1 aromatic carbocycles. The topological polar surface area (TPSA) is 97.3 Å². The average molecular weight is 564 g/mol. The van der Waals surface area contributed by atoms with E-state index in [1.165, 1.54) is 45.9 Å². The maximum absolute atomic E-state index is 11.4. The summed E-state index contributed by atoms with van der Waals surface area (Å²) in [4.78, 5) is 21.6. The van der Waals surface area contributed by atoms with Crippen LogP contribution >= 0.6 is 0 Å². The van der Waals surface area contributed by atoms with Crippen LogP contribution in [0.4, 0.5) is 11.5 Å². The number of carbonyl (C=O) groups is 1. The fourth-order valence-electron chi connectivity index (χ4n) is 7.33. The molecule has 2 saturated heterocycles. The number of anilines is 2. The highest BCUT2D eigenvalue weighted by atomic mass is 16.5. The van der Waals surface area contributed by atoms with Gasteiger partial charge < -0.3 is 29.9 Å². The smallest absolute Gasteiger partial charge is 0.305 e. The van der Waals surface area contributed by atoms with Gasteiger partial charge in [-0.2, -0.15) is 0 Å². The largest absolute Gasteiger partial charge is 0.507 e. The van der Waals surface area contributed by atoms with Gasteiger partial charge in [0.2, 0.25) is 0 Å². The number of aromatic nitrogens is 2. The minimum absolute atomic E-state index is 0.0986. The third-order valence-corrected chi connectivity index (χ3v) is 9.89. The zero-order valence-corrected chi connectivity index (χ0v) is 24.6. The van der Waals surface area contributed by atoms with Crippen molar-refractivity contribution in [3.63, 3.8) is 0 Å². The van der Waals surface area contributed by atoms with E-state index in [-0.39, 0.29) is 11.7 Å². The lowest BCUT2D eigenvalue weighted by Crippen LogP contribution is -2.68. The Hall–Kier alpha value is -2.95. The second-order valence-corrected chi connectivity index (χ2v) is 12.6. The van der Waals surface area contributed by atoms with E-state index in [0.717, 1.165) is 69.8 Å². The second-order valence-electron chi connectivity index (χ2n) is 12.6. The summed E-state index contributed by atoms with van der Waals surface area (Å²) in [7, 11) is 3.75. The normalized spacial score (nSPS) is 21.3. The van der Waals surface area contributed by atoms with Gasteiger partial charge in [-0.1, -0.05) is 12.1 Å². The molecule has 222 valence electrons. The van der Waals surface area contributed by atoms with Crippen LogP contribution in [0.3, 0.4) is 0 Å². The number of fused-ring (bicyclic) bond motifs is 1. The van der Waals surface area contributed by atoms with Gasteiger partial charge in [-0.3, -0.25) is 9.69 Å². The number of nitrogens with zero attached hydrogens (tertiary/aromatic N) is 6. The minimum atomic E-state index is -0.0986. The third-order valence-electron chi connectivity index (χ3n) is 9.89. The van der Waals surface area contributed by atoms with E-state index in [1.54, 1.807) is 6.07 Å². The number of likely N-dealkylation sites (N-methyl/N-ethyl adjacent to an activating group) is 1. The van der Waals surface area contributed by atoms with Gasteiger partial charge in [0.1, 0.15) is 5.75 Å². The van der Waals surface area contributed by atoms with Crippen molar-refractivity contribution < 1.29 is 14.6 Å². The van der Waals surface area contributed by atoms with E-state index >= 15 is 0 Å². The number of rotatable bonds is 10. The Morgan fingerprint density at radius 2 is 1.93 bits per heavy atom. The molecule has 2 aromatic rings. The number of nitrogens with one attached hydrogen (secondary N) is 1. The van der Waals surface area contributed by atoms with Gasteiger partial charge in [0.25, 0.3) is 0 Å². The summed E-state index contributed by atoms with van der Waals surface area (Å²) in [5.41, 5.74) is 3.01. The highest BCUT2D eigenvalue weighted by Gasteiger charge is 2.54. The number of carbonyl (C=O) groups excluding carboxylic acids is 1. The Morgan fingerprint density at radius 1 is 1.15 bits per heavy atom. The summed E-state index contributed by atoms with van der Waals surface area (Å²) < 4.78 is 4.76. The van der Waals surface area contributed by atoms with Crippen molar-refractivity contribution in [2.24, 2.45) is 5.41 Å². The molecule has 3 fully saturated rings. The minimum Gasteiger partial charge on any atom is -0.507 e. The molecule has 0 atom stereocenters. The number of hydrogen-bond donors (Lipinski definition) is 2. The van der Waals surface area contributed by atoms with Crippen molar-refractivity contribution >= 4 is 17.5 Å². The summed E-state index contributed by atoms with van der Waals surface area (Å²) >= 11 is 0. The number of phenols is 1. The van der Waals surface area contributed by atoms with E-state index in [1.807, 2.05) is 18.2 Å². The molecule has 1 aromatic heterocycles. The van der Waals surface area contributed by atoms with Crippen molar-refractivity contribution in [2.75, 3.05) is 83.3 Å². The van der Waals surface area contributed by atoms with Gasteiger partial charge in [-0.05, 0) is 82.4 Å². The Balaban J connectivity index is 0.933. The third kappa shape index (κ3) is 6.15. The molecule has 2 N–H and O–H groups in total. The SMILES string of the molecule is COC(=O)CCCN1CCC(N2CC3(CC(N(C)CCN4CCNc5nnc(-c6ccccc6O)cc54)C3)C2)CC1. The highest BCUT2D eigenvalue weighted by Crippen LogP contribution is 2.51. The molecule has 0 radical (unpaired) electrons. The van der Waals surface area contributed by atoms with Crippen molar-refractivity contribution in [1.82, 2.24) is 24.9 Å². The van der Waals surface area contributed by atoms with E-state index in [0.29, 0.717) is 29.1 Å². The van der Waals surface area contributed by atoms with Gasteiger partial charge in [-0.15, -0.1) is 10.2 Å². The monoisotopic (exact) mass is 563 g/mol. The molecule has 0 unspecified atom stereocenters. The molecule has 4 heterocycles. The Labute approximate surface area is 243 Å². The van der Waals surface area contributed by atoms with Crippen LogP contribution in [0.5, 0.6) is 5.75 Å². The van der Waals surface area contributed by atoms with Crippen LogP contribution < -0.4 is 10.2 Å².